The summed E-state index contributed by atoms with van der Waals surface area (Å²) in [5.74, 6) is 0.175. The minimum atomic E-state index is 0.175. The summed E-state index contributed by atoms with van der Waals surface area (Å²) in [5, 5.41) is 16.5. The van der Waals surface area contributed by atoms with Crippen molar-refractivity contribution in [2.45, 2.75) is 31.8 Å². The predicted octanol–water partition coefficient (Wildman–Crippen LogP) is 1.77. The van der Waals surface area contributed by atoms with E-state index in [1.165, 1.54) is 0 Å². The first-order chi connectivity index (χ1) is 7.83. The monoisotopic (exact) mass is 216 g/mol. The van der Waals surface area contributed by atoms with Gasteiger partial charge in [0.15, 0.2) is 0 Å². The molecule has 1 aliphatic carbocycles. The summed E-state index contributed by atoms with van der Waals surface area (Å²) >= 11 is 0. The summed E-state index contributed by atoms with van der Waals surface area (Å²) in [6, 6.07) is 2.71. The third kappa shape index (κ3) is 2.31. The van der Waals surface area contributed by atoms with Gasteiger partial charge in [-0.2, -0.15) is 10.4 Å². The topological polar surface area (TPSA) is 53.6 Å². The van der Waals surface area contributed by atoms with Gasteiger partial charge in [-0.05, 0) is 12.8 Å². The van der Waals surface area contributed by atoms with Crippen LogP contribution in [0, 0.1) is 17.2 Å². The highest BCUT2D eigenvalue weighted by Crippen LogP contribution is 2.24. The molecule has 0 aliphatic heterocycles. The van der Waals surface area contributed by atoms with Crippen LogP contribution in [0.2, 0.25) is 0 Å². The molecule has 16 heavy (non-hydrogen) atoms. The Morgan fingerprint density at radius 1 is 1.69 bits per heavy atom. The zero-order valence-corrected chi connectivity index (χ0v) is 9.26. The summed E-state index contributed by atoms with van der Waals surface area (Å²) in [4.78, 5) is 0. The molecule has 4 nitrogen and oxygen atoms in total. The maximum atomic E-state index is 8.96. The van der Waals surface area contributed by atoms with E-state index in [4.69, 9.17) is 5.26 Å². The van der Waals surface area contributed by atoms with E-state index < -0.39 is 0 Å². The van der Waals surface area contributed by atoms with Crippen molar-refractivity contribution >= 4 is 6.20 Å². The number of hydrogen-bond acceptors (Lipinski definition) is 3. The van der Waals surface area contributed by atoms with Gasteiger partial charge in [-0.25, -0.2) is 4.68 Å². The number of hydrogen-bond donors (Lipinski definition) is 1. The molecule has 0 amide bonds. The fraction of sp³-hybridized carbons (Fsp3) is 0.500. The Hall–Kier alpha value is -1.60. The summed E-state index contributed by atoms with van der Waals surface area (Å²) in [6.07, 6.45) is 8.72. The van der Waals surface area contributed by atoms with Crippen molar-refractivity contribution in [1.82, 2.24) is 15.1 Å². The first-order valence-electron chi connectivity index (χ1n) is 5.62. The molecular formula is C12H16N4. The molecule has 1 aromatic rings. The van der Waals surface area contributed by atoms with Gasteiger partial charge in [-0.15, -0.1) is 0 Å². The standard InChI is InChI=1S/C12H16N4/c1-2-16-9-10(8-15-16)7-14-12-5-3-4-11(12)6-13/h2,8-9,11-12,14H,1,3-5,7H2. The van der Waals surface area contributed by atoms with Crippen LogP contribution in [0.4, 0.5) is 0 Å². The Labute approximate surface area is 95.6 Å². The minimum Gasteiger partial charge on any atom is -0.308 e. The van der Waals surface area contributed by atoms with Gasteiger partial charge in [0.2, 0.25) is 0 Å². The van der Waals surface area contributed by atoms with Crippen molar-refractivity contribution in [2.24, 2.45) is 5.92 Å². The molecule has 2 rings (SSSR count). The molecule has 1 heterocycles. The van der Waals surface area contributed by atoms with Gasteiger partial charge >= 0.3 is 0 Å². The molecule has 2 atom stereocenters. The third-order valence-electron chi connectivity index (χ3n) is 3.09. The van der Waals surface area contributed by atoms with Crippen molar-refractivity contribution in [2.75, 3.05) is 0 Å². The highest BCUT2D eigenvalue weighted by molar-refractivity contribution is 5.17. The molecule has 0 saturated heterocycles. The molecule has 1 N–H and O–H groups in total. The maximum absolute atomic E-state index is 8.96. The molecule has 1 aromatic heterocycles. The van der Waals surface area contributed by atoms with Crippen LogP contribution in [0.25, 0.3) is 6.20 Å². The predicted molar refractivity (Wildman–Crippen MR) is 62.2 cm³/mol. The fourth-order valence-electron chi connectivity index (χ4n) is 2.18. The lowest BCUT2D eigenvalue weighted by atomic mass is 10.1. The third-order valence-corrected chi connectivity index (χ3v) is 3.09. The number of nitrogens with one attached hydrogen (secondary N) is 1. The zero-order valence-electron chi connectivity index (χ0n) is 9.26. The smallest absolute Gasteiger partial charge is 0.0672 e. The highest BCUT2D eigenvalue weighted by Gasteiger charge is 2.26. The number of nitriles is 1. The van der Waals surface area contributed by atoms with Gasteiger partial charge in [0.25, 0.3) is 0 Å². The molecule has 4 heteroatoms. The highest BCUT2D eigenvalue weighted by atomic mass is 15.2. The molecule has 0 aromatic carbocycles. The minimum absolute atomic E-state index is 0.175. The van der Waals surface area contributed by atoms with Crippen molar-refractivity contribution in [3.8, 4) is 6.07 Å². The molecule has 1 aliphatic rings. The quantitative estimate of drug-likeness (QED) is 0.834. The summed E-state index contributed by atoms with van der Waals surface area (Å²) < 4.78 is 1.69. The van der Waals surface area contributed by atoms with Crippen LogP contribution in [0.3, 0.4) is 0 Å². The first kappa shape index (κ1) is 10.9. The molecule has 1 saturated carbocycles. The first-order valence-corrected chi connectivity index (χ1v) is 5.62. The lowest BCUT2D eigenvalue weighted by Gasteiger charge is -2.14. The second-order valence-electron chi connectivity index (χ2n) is 4.17. The normalized spacial score (nSPS) is 24.2. The van der Waals surface area contributed by atoms with E-state index in [1.54, 1.807) is 10.9 Å². The second-order valence-corrected chi connectivity index (χ2v) is 4.17. The molecule has 0 spiro atoms. The lowest BCUT2D eigenvalue weighted by Crippen LogP contribution is -2.31. The van der Waals surface area contributed by atoms with Crippen molar-refractivity contribution in [3.63, 3.8) is 0 Å². The Kier molecular flexibility index (Phi) is 3.37. The Bertz CT molecular complexity index is 401. The average molecular weight is 216 g/mol. The number of aromatic nitrogens is 2. The molecule has 0 bridgehead atoms. The maximum Gasteiger partial charge on any atom is 0.0672 e. The van der Waals surface area contributed by atoms with E-state index in [0.717, 1.165) is 31.4 Å². The zero-order chi connectivity index (χ0) is 11.4. The van der Waals surface area contributed by atoms with E-state index in [9.17, 15) is 0 Å². The Balaban J connectivity index is 1.87. The Morgan fingerprint density at radius 3 is 3.25 bits per heavy atom. The summed E-state index contributed by atoms with van der Waals surface area (Å²) in [6.45, 7) is 4.42. The molecule has 2 unspecified atom stereocenters. The van der Waals surface area contributed by atoms with Gasteiger partial charge in [0.05, 0.1) is 18.2 Å². The van der Waals surface area contributed by atoms with E-state index in [-0.39, 0.29) is 5.92 Å². The van der Waals surface area contributed by atoms with E-state index in [1.807, 2.05) is 12.4 Å². The molecular weight excluding hydrogens is 200 g/mol. The van der Waals surface area contributed by atoms with Crippen LogP contribution in [0.1, 0.15) is 24.8 Å². The largest absolute Gasteiger partial charge is 0.308 e. The van der Waals surface area contributed by atoms with Crippen LogP contribution < -0.4 is 5.32 Å². The van der Waals surface area contributed by atoms with Gasteiger partial charge < -0.3 is 5.32 Å². The van der Waals surface area contributed by atoms with Crippen LogP contribution >= 0.6 is 0 Å². The van der Waals surface area contributed by atoms with Gasteiger partial charge in [-0.1, -0.05) is 13.0 Å². The SMILES string of the molecule is C=Cn1cc(CNC2CCCC2C#N)cn1. The van der Waals surface area contributed by atoms with Crippen molar-refractivity contribution in [1.29, 1.82) is 5.26 Å². The van der Waals surface area contributed by atoms with Crippen molar-refractivity contribution < 1.29 is 0 Å². The van der Waals surface area contributed by atoms with Crippen LogP contribution in [0.5, 0.6) is 0 Å². The van der Waals surface area contributed by atoms with Gasteiger partial charge in [-0.3, -0.25) is 0 Å². The lowest BCUT2D eigenvalue weighted by molar-refractivity contribution is 0.464. The van der Waals surface area contributed by atoms with Gasteiger partial charge in [0.1, 0.15) is 0 Å². The van der Waals surface area contributed by atoms with Crippen LogP contribution in [-0.2, 0) is 6.54 Å². The number of rotatable bonds is 4. The van der Waals surface area contributed by atoms with Gasteiger partial charge in [0, 0.05) is 30.5 Å². The molecule has 84 valence electrons. The van der Waals surface area contributed by atoms with E-state index >= 15 is 0 Å². The molecule has 1 fully saturated rings. The summed E-state index contributed by atoms with van der Waals surface area (Å²) in [7, 11) is 0. The summed E-state index contributed by atoms with van der Waals surface area (Å²) in [5.41, 5.74) is 1.13. The second kappa shape index (κ2) is 4.95. The fourth-order valence-corrected chi connectivity index (χ4v) is 2.18. The molecule has 0 radical (unpaired) electrons. The number of nitrogens with zero attached hydrogens (tertiary/aromatic N) is 3. The Morgan fingerprint density at radius 2 is 2.56 bits per heavy atom. The average Bonchev–Trinajstić information content (AvgIpc) is 2.94. The van der Waals surface area contributed by atoms with E-state index in [2.05, 4.69) is 23.1 Å². The van der Waals surface area contributed by atoms with Crippen molar-refractivity contribution in [3.05, 3.63) is 24.5 Å². The van der Waals surface area contributed by atoms with Crippen LogP contribution in [-0.4, -0.2) is 15.8 Å². The van der Waals surface area contributed by atoms with E-state index in [0.29, 0.717) is 6.04 Å². The van der Waals surface area contributed by atoms with Crippen LogP contribution in [0.15, 0.2) is 19.0 Å².